The van der Waals surface area contributed by atoms with Crippen LogP contribution in [0.5, 0.6) is 11.5 Å². The summed E-state index contributed by atoms with van der Waals surface area (Å²) in [5.74, 6) is 0.532. The van der Waals surface area contributed by atoms with Crippen molar-refractivity contribution in [2.24, 2.45) is 0 Å². The van der Waals surface area contributed by atoms with Crippen molar-refractivity contribution in [3.05, 3.63) is 83.9 Å². The number of carbonyl (C=O) groups is 1. The average molecular weight is 361 g/mol. The van der Waals surface area contributed by atoms with Crippen molar-refractivity contribution in [3.63, 3.8) is 0 Å². The predicted molar refractivity (Wildman–Crippen MR) is 107 cm³/mol. The van der Waals surface area contributed by atoms with E-state index in [0.717, 1.165) is 24.0 Å². The van der Waals surface area contributed by atoms with Gasteiger partial charge in [0, 0.05) is 12.1 Å². The highest BCUT2D eigenvalue weighted by molar-refractivity contribution is 6.02. The molecule has 27 heavy (non-hydrogen) atoms. The van der Waals surface area contributed by atoms with Crippen LogP contribution in [0.15, 0.2) is 72.8 Å². The first kappa shape index (κ1) is 18.5. The highest BCUT2D eigenvalue weighted by Crippen LogP contribution is 2.33. The molecule has 0 saturated carbocycles. The molecule has 0 atom stereocenters. The lowest BCUT2D eigenvalue weighted by molar-refractivity contribution is 0.0953. The number of phenols is 1. The standard InChI is InChI=1S/C23H23NO3/c1-27-22-12-6-5-11-20(22)19-14-13-18(25)16-21(19)23(26)24-15-7-10-17-8-3-2-4-9-17/h2-6,8-9,11-14,16,25H,7,10,15H2,1H3,(H,24,26). The van der Waals surface area contributed by atoms with Gasteiger partial charge in [-0.05, 0) is 48.2 Å². The molecule has 0 spiro atoms. The molecule has 3 aromatic carbocycles. The molecule has 138 valence electrons. The Hall–Kier alpha value is -3.27. The third-order valence-electron chi connectivity index (χ3n) is 4.42. The molecular formula is C23H23NO3. The first-order chi connectivity index (χ1) is 13.2. The maximum Gasteiger partial charge on any atom is 0.252 e. The fourth-order valence-corrected chi connectivity index (χ4v) is 3.06. The number of phenolic OH excluding ortho intramolecular Hbond substituents is 1. The highest BCUT2D eigenvalue weighted by Gasteiger charge is 2.16. The van der Waals surface area contributed by atoms with Gasteiger partial charge in [-0.1, -0.05) is 48.5 Å². The van der Waals surface area contributed by atoms with Crippen LogP contribution < -0.4 is 10.1 Å². The van der Waals surface area contributed by atoms with Crippen LogP contribution in [0, 0.1) is 0 Å². The van der Waals surface area contributed by atoms with E-state index in [1.807, 2.05) is 42.5 Å². The van der Waals surface area contributed by atoms with E-state index in [9.17, 15) is 9.90 Å². The Morgan fingerprint density at radius 1 is 0.963 bits per heavy atom. The van der Waals surface area contributed by atoms with Gasteiger partial charge in [0.2, 0.25) is 0 Å². The zero-order chi connectivity index (χ0) is 19.1. The van der Waals surface area contributed by atoms with Crippen LogP contribution in [-0.2, 0) is 6.42 Å². The number of carbonyl (C=O) groups excluding carboxylic acids is 1. The largest absolute Gasteiger partial charge is 0.508 e. The van der Waals surface area contributed by atoms with Crippen LogP contribution in [0.2, 0.25) is 0 Å². The van der Waals surface area contributed by atoms with Gasteiger partial charge in [0.1, 0.15) is 11.5 Å². The Bertz CT molecular complexity index is 907. The summed E-state index contributed by atoms with van der Waals surface area (Å²) in [6.07, 6.45) is 1.75. The monoisotopic (exact) mass is 361 g/mol. The second kappa shape index (κ2) is 8.90. The number of benzene rings is 3. The van der Waals surface area contributed by atoms with Gasteiger partial charge in [0.05, 0.1) is 12.7 Å². The van der Waals surface area contributed by atoms with Gasteiger partial charge in [-0.15, -0.1) is 0 Å². The number of aryl methyl sites for hydroxylation is 1. The summed E-state index contributed by atoms with van der Waals surface area (Å²) in [6, 6.07) is 22.5. The van der Waals surface area contributed by atoms with E-state index in [4.69, 9.17) is 4.74 Å². The van der Waals surface area contributed by atoms with E-state index in [-0.39, 0.29) is 11.7 Å². The maximum atomic E-state index is 12.7. The van der Waals surface area contributed by atoms with E-state index in [2.05, 4.69) is 17.4 Å². The number of hydrogen-bond donors (Lipinski definition) is 2. The van der Waals surface area contributed by atoms with E-state index in [1.54, 1.807) is 19.2 Å². The number of nitrogens with one attached hydrogen (secondary N) is 1. The Balaban J connectivity index is 1.73. The predicted octanol–water partition coefficient (Wildman–Crippen LogP) is 4.43. The summed E-state index contributed by atoms with van der Waals surface area (Å²) in [5, 5.41) is 12.8. The molecule has 0 saturated heterocycles. The summed E-state index contributed by atoms with van der Waals surface area (Å²) < 4.78 is 5.42. The van der Waals surface area contributed by atoms with Crippen molar-refractivity contribution in [3.8, 4) is 22.6 Å². The van der Waals surface area contributed by atoms with Crippen molar-refractivity contribution in [2.75, 3.05) is 13.7 Å². The van der Waals surface area contributed by atoms with E-state index in [1.165, 1.54) is 11.6 Å². The summed E-state index contributed by atoms with van der Waals surface area (Å²) in [6.45, 7) is 0.564. The van der Waals surface area contributed by atoms with Crippen molar-refractivity contribution < 1.29 is 14.6 Å². The number of methoxy groups -OCH3 is 1. The van der Waals surface area contributed by atoms with Crippen LogP contribution in [0.1, 0.15) is 22.3 Å². The summed E-state index contributed by atoms with van der Waals surface area (Å²) in [4.78, 5) is 12.7. The number of aromatic hydroxyl groups is 1. The smallest absolute Gasteiger partial charge is 0.252 e. The first-order valence-corrected chi connectivity index (χ1v) is 8.97. The molecule has 4 nitrogen and oxygen atoms in total. The van der Waals surface area contributed by atoms with E-state index >= 15 is 0 Å². The lowest BCUT2D eigenvalue weighted by Gasteiger charge is -2.14. The Kier molecular flexibility index (Phi) is 6.10. The zero-order valence-corrected chi connectivity index (χ0v) is 15.3. The lowest BCUT2D eigenvalue weighted by atomic mass is 9.98. The number of ether oxygens (including phenoxy) is 1. The molecular weight excluding hydrogens is 338 g/mol. The molecule has 0 radical (unpaired) electrons. The molecule has 1 amide bonds. The number of hydrogen-bond acceptors (Lipinski definition) is 3. The van der Waals surface area contributed by atoms with Crippen LogP contribution in [0.25, 0.3) is 11.1 Å². The molecule has 0 bridgehead atoms. The maximum absolute atomic E-state index is 12.7. The van der Waals surface area contributed by atoms with Gasteiger partial charge < -0.3 is 15.2 Å². The van der Waals surface area contributed by atoms with Gasteiger partial charge in [-0.25, -0.2) is 0 Å². The molecule has 0 aliphatic rings. The summed E-state index contributed by atoms with van der Waals surface area (Å²) >= 11 is 0. The van der Waals surface area contributed by atoms with Gasteiger partial charge in [0.25, 0.3) is 5.91 Å². The molecule has 4 heteroatoms. The van der Waals surface area contributed by atoms with Crippen LogP contribution >= 0.6 is 0 Å². The first-order valence-electron chi connectivity index (χ1n) is 8.97. The molecule has 0 heterocycles. The molecule has 3 rings (SSSR count). The second-order valence-electron chi connectivity index (χ2n) is 6.28. The van der Waals surface area contributed by atoms with E-state index < -0.39 is 0 Å². The van der Waals surface area contributed by atoms with Crippen molar-refractivity contribution in [1.82, 2.24) is 5.32 Å². The van der Waals surface area contributed by atoms with Crippen molar-refractivity contribution >= 4 is 5.91 Å². The molecule has 0 unspecified atom stereocenters. The van der Waals surface area contributed by atoms with Crippen molar-refractivity contribution in [1.29, 1.82) is 0 Å². The van der Waals surface area contributed by atoms with Crippen LogP contribution in [0.3, 0.4) is 0 Å². The SMILES string of the molecule is COc1ccccc1-c1ccc(O)cc1C(=O)NCCCc1ccccc1. The fraction of sp³-hybridized carbons (Fsp3) is 0.174. The fourth-order valence-electron chi connectivity index (χ4n) is 3.06. The topological polar surface area (TPSA) is 58.6 Å². The minimum absolute atomic E-state index is 0.0584. The van der Waals surface area contributed by atoms with E-state index in [0.29, 0.717) is 17.9 Å². The normalized spacial score (nSPS) is 10.4. The average Bonchev–Trinajstić information content (AvgIpc) is 2.71. The Morgan fingerprint density at radius 2 is 1.70 bits per heavy atom. The minimum atomic E-state index is -0.208. The molecule has 3 aromatic rings. The van der Waals surface area contributed by atoms with Gasteiger partial charge in [-0.3, -0.25) is 4.79 Å². The van der Waals surface area contributed by atoms with Gasteiger partial charge in [0.15, 0.2) is 0 Å². The minimum Gasteiger partial charge on any atom is -0.508 e. The summed E-state index contributed by atoms with van der Waals surface area (Å²) in [7, 11) is 1.60. The zero-order valence-electron chi connectivity index (χ0n) is 15.3. The Labute approximate surface area is 159 Å². The van der Waals surface area contributed by atoms with Crippen LogP contribution in [-0.4, -0.2) is 24.7 Å². The number of amides is 1. The highest BCUT2D eigenvalue weighted by atomic mass is 16.5. The molecule has 0 fully saturated rings. The quantitative estimate of drug-likeness (QED) is 0.612. The molecule has 2 N–H and O–H groups in total. The second-order valence-corrected chi connectivity index (χ2v) is 6.28. The van der Waals surface area contributed by atoms with Gasteiger partial charge in [-0.2, -0.15) is 0 Å². The molecule has 0 aliphatic heterocycles. The van der Waals surface area contributed by atoms with Crippen molar-refractivity contribution in [2.45, 2.75) is 12.8 Å². The number of rotatable bonds is 7. The molecule has 0 aliphatic carbocycles. The number of para-hydroxylation sites is 1. The third kappa shape index (κ3) is 4.67. The molecule has 0 aromatic heterocycles. The van der Waals surface area contributed by atoms with Gasteiger partial charge >= 0.3 is 0 Å². The van der Waals surface area contributed by atoms with Crippen LogP contribution in [0.4, 0.5) is 0 Å². The third-order valence-corrected chi connectivity index (χ3v) is 4.42. The summed E-state index contributed by atoms with van der Waals surface area (Å²) in [5.41, 5.74) is 3.22. The lowest BCUT2D eigenvalue weighted by Crippen LogP contribution is -2.25. The Morgan fingerprint density at radius 3 is 2.48 bits per heavy atom.